The van der Waals surface area contributed by atoms with Crippen molar-refractivity contribution in [3.05, 3.63) is 107 Å². The molecule has 1 aliphatic heterocycles. The summed E-state index contributed by atoms with van der Waals surface area (Å²) in [5, 5.41) is 2.84. The van der Waals surface area contributed by atoms with Gasteiger partial charge in [-0.3, -0.25) is 9.59 Å². The van der Waals surface area contributed by atoms with Gasteiger partial charge in [-0.15, -0.1) is 0 Å². The summed E-state index contributed by atoms with van der Waals surface area (Å²) in [4.78, 5) is 24.9. The topological polar surface area (TPSA) is 72.2 Å². The molecule has 0 radical (unpaired) electrons. The molecule has 0 aromatic heterocycles. The Kier molecular flexibility index (Phi) is 5.27. The molecule has 2 amide bonds. The summed E-state index contributed by atoms with van der Waals surface area (Å²) in [7, 11) is 0. The maximum Gasteiger partial charge on any atom is 0.225 e. The Bertz CT molecular complexity index is 1120. The van der Waals surface area contributed by atoms with Gasteiger partial charge in [-0.1, -0.05) is 42.5 Å². The Morgan fingerprint density at radius 3 is 2.00 bits per heavy atom. The van der Waals surface area contributed by atoms with E-state index in [0.29, 0.717) is 11.1 Å². The third-order valence-corrected chi connectivity index (χ3v) is 5.75. The van der Waals surface area contributed by atoms with Gasteiger partial charge in [-0.2, -0.15) is 0 Å². The van der Waals surface area contributed by atoms with E-state index in [2.05, 4.69) is 5.32 Å². The van der Waals surface area contributed by atoms with Gasteiger partial charge < -0.3 is 11.1 Å². The van der Waals surface area contributed by atoms with Crippen molar-refractivity contribution in [3.63, 3.8) is 0 Å². The molecule has 1 fully saturated rings. The zero-order chi connectivity index (χ0) is 22.2. The van der Waals surface area contributed by atoms with Crippen molar-refractivity contribution in [1.29, 1.82) is 0 Å². The first-order chi connectivity index (χ1) is 14.8. The molecule has 7 heteroatoms. The minimum Gasteiger partial charge on any atom is -0.370 e. The lowest BCUT2D eigenvalue weighted by Crippen LogP contribution is -2.43. The Balaban J connectivity index is 2.07. The second-order valence-electron chi connectivity index (χ2n) is 7.59. The van der Waals surface area contributed by atoms with Crippen LogP contribution in [0.1, 0.15) is 29.0 Å². The van der Waals surface area contributed by atoms with Gasteiger partial charge >= 0.3 is 0 Å². The van der Waals surface area contributed by atoms with Gasteiger partial charge in [0.15, 0.2) is 0 Å². The number of carbonyl (C=O) groups is 2. The van der Waals surface area contributed by atoms with E-state index in [-0.39, 0.29) is 12.0 Å². The second kappa shape index (κ2) is 7.91. The number of halogens is 3. The van der Waals surface area contributed by atoms with E-state index in [0.717, 1.165) is 0 Å². The molecule has 0 bridgehead atoms. The van der Waals surface area contributed by atoms with E-state index < -0.39 is 46.6 Å². The average Bonchev–Trinajstić information content (AvgIpc) is 3.01. The maximum atomic E-state index is 15.0. The van der Waals surface area contributed by atoms with Crippen molar-refractivity contribution in [1.82, 2.24) is 5.32 Å². The lowest BCUT2D eigenvalue weighted by Gasteiger charge is -2.38. The highest BCUT2D eigenvalue weighted by atomic mass is 19.1. The predicted molar refractivity (Wildman–Crippen MR) is 108 cm³/mol. The first-order valence-corrected chi connectivity index (χ1v) is 9.70. The quantitative estimate of drug-likeness (QED) is 0.655. The van der Waals surface area contributed by atoms with Crippen molar-refractivity contribution >= 4 is 11.8 Å². The summed E-state index contributed by atoms with van der Waals surface area (Å²) in [6, 6.07) is 16.8. The van der Waals surface area contributed by atoms with Crippen LogP contribution in [0.5, 0.6) is 0 Å². The molecule has 1 saturated heterocycles. The first-order valence-electron chi connectivity index (χ1n) is 9.70. The Morgan fingerprint density at radius 1 is 0.903 bits per heavy atom. The molecule has 0 spiro atoms. The van der Waals surface area contributed by atoms with Crippen molar-refractivity contribution in [2.75, 3.05) is 0 Å². The number of nitrogens with one attached hydrogen (secondary N) is 1. The third-order valence-electron chi connectivity index (χ3n) is 5.75. The summed E-state index contributed by atoms with van der Waals surface area (Å²) in [5.74, 6) is -5.08. The number of rotatable bonds is 5. The molecule has 31 heavy (non-hydrogen) atoms. The van der Waals surface area contributed by atoms with Crippen LogP contribution < -0.4 is 11.1 Å². The molecule has 0 saturated carbocycles. The van der Waals surface area contributed by atoms with Gasteiger partial charge in [-0.05, 0) is 47.0 Å². The molecule has 158 valence electrons. The summed E-state index contributed by atoms with van der Waals surface area (Å²) in [6.07, 6.45) is -0.350. The fourth-order valence-corrected chi connectivity index (χ4v) is 4.56. The highest BCUT2D eigenvalue weighted by molar-refractivity contribution is 5.90. The van der Waals surface area contributed by atoms with Crippen LogP contribution in [0.25, 0.3) is 0 Å². The molecule has 0 aliphatic carbocycles. The Labute approximate surface area is 176 Å². The highest BCUT2D eigenvalue weighted by Crippen LogP contribution is 2.52. The summed E-state index contributed by atoms with van der Waals surface area (Å²) in [6.45, 7) is 0. The second-order valence-corrected chi connectivity index (χ2v) is 7.59. The zero-order valence-electron chi connectivity index (χ0n) is 16.3. The molecule has 3 aromatic rings. The van der Waals surface area contributed by atoms with Crippen LogP contribution in [0.4, 0.5) is 13.2 Å². The Morgan fingerprint density at radius 2 is 1.48 bits per heavy atom. The van der Waals surface area contributed by atoms with E-state index in [1.165, 1.54) is 54.6 Å². The molecule has 4 nitrogen and oxygen atoms in total. The van der Waals surface area contributed by atoms with Crippen LogP contribution in [-0.2, 0) is 15.1 Å². The van der Waals surface area contributed by atoms with Gasteiger partial charge in [0, 0.05) is 12.3 Å². The highest BCUT2D eigenvalue weighted by Gasteiger charge is 2.56. The van der Waals surface area contributed by atoms with Crippen LogP contribution in [0.15, 0.2) is 72.8 Å². The Hall–Kier alpha value is -3.61. The summed E-state index contributed by atoms with van der Waals surface area (Å²) in [5.41, 5.74) is 4.61. The smallest absolute Gasteiger partial charge is 0.225 e. The number of benzene rings is 3. The standard InChI is InChI=1S/C24H19F3N2O2/c25-16-7-3-5-14(11-16)24(15-6-4-8-17(26)12-15)22(18-9-1-2-10-20(18)27)19(13-21(28)30)23(31)29-24/h1-12,19,22H,13H2,(H2,28,30)(H,29,31)/t19-,22?/m0/s1. The minimum absolute atomic E-state index is 0.139. The largest absolute Gasteiger partial charge is 0.370 e. The number of hydrogen-bond acceptors (Lipinski definition) is 2. The van der Waals surface area contributed by atoms with Gasteiger partial charge in [-0.25, -0.2) is 13.2 Å². The SMILES string of the molecule is NC(=O)C[C@@H]1C(=O)NC(c2cccc(F)c2)(c2cccc(F)c2)C1c1ccccc1F. The lowest BCUT2D eigenvalue weighted by molar-refractivity contribution is -0.127. The molecule has 4 rings (SSSR count). The number of hydrogen-bond donors (Lipinski definition) is 2. The maximum absolute atomic E-state index is 15.0. The van der Waals surface area contributed by atoms with Crippen LogP contribution in [0, 0.1) is 23.4 Å². The molecule has 2 atom stereocenters. The van der Waals surface area contributed by atoms with E-state index in [9.17, 15) is 18.4 Å². The molecule has 3 aromatic carbocycles. The summed E-state index contributed by atoms with van der Waals surface area (Å²) >= 11 is 0. The minimum atomic E-state index is -1.52. The summed E-state index contributed by atoms with van der Waals surface area (Å²) < 4.78 is 43.5. The van der Waals surface area contributed by atoms with Gasteiger partial charge in [0.2, 0.25) is 11.8 Å². The van der Waals surface area contributed by atoms with E-state index in [4.69, 9.17) is 5.73 Å². The van der Waals surface area contributed by atoms with Crippen LogP contribution in [0.2, 0.25) is 0 Å². The van der Waals surface area contributed by atoms with Gasteiger partial charge in [0.25, 0.3) is 0 Å². The fourth-order valence-electron chi connectivity index (χ4n) is 4.56. The normalized spacial score (nSPS) is 19.8. The lowest BCUT2D eigenvalue weighted by atomic mass is 9.67. The number of amides is 2. The molecular weight excluding hydrogens is 405 g/mol. The van der Waals surface area contributed by atoms with Crippen LogP contribution in [-0.4, -0.2) is 11.8 Å². The van der Waals surface area contributed by atoms with E-state index in [1.54, 1.807) is 18.2 Å². The zero-order valence-corrected chi connectivity index (χ0v) is 16.3. The van der Waals surface area contributed by atoms with Crippen molar-refractivity contribution in [2.45, 2.75) is 17.9 Å². The van der Waals surface area contributed by atoms with E-state index >= 15 is 4.39 Å². The molecule has 1 heterocycles. The van der Waals surface area contributed by atoms with Crippen LogP contribution in [0.3, 0.4) is 0 Å². The number of nitrogens with two attached hydrogens (primary N) is 1. The molecule has 1 aliphatic rings. The van der Waals surface area contributed by atoms with Crippen molar-refractivity contribution in [2.24, 2.45) is 11.7 Å². The van der Waals surface area contributed by atoms with E-state index in [1.807, 2.05) is 0 Å². The van der Waals surface area contributed by atoms with Gasteiger partial charge in [0.05, 0.1) is 11.5 Å². The number of primary amides is 1. The predicted octanol–water partition coefficient (Wildman–Crippen LogP) is 3.75. The first kappa shape index (κ1) is 20.7. The third kappa shape index (κ3) is 3.56. The van der Waals surface area contributed by atoms with Crippen LogP contribution >= 0.6 is 0 Å². The fraction of sp³-hybridized carbons (Fsp3) is 0.167. The van der Waals surface area contributed by atoms with Crippen molar-refractivity contribution < 1.29 is 22.8 Å². The molecule has 1 unspecified atom stereocenters. The molecule has 3 N–H and O–H groups in total. The number of carbonyl (C=O) groups excluding carboxylic acids is 2. The van der Waals surface area contributed by atoms with Gasteiger partial charge in [0.1, 0.15) is 17.5 Å². The monoisotopic (exact) mass is 424 g/mol. The van der Waals surface area contributed by atoms with Crippen molar-refractivity contribution in [3.8, 4) is 0 Å². The average molecular weight is 424 g/mol. The molecular formula is C24H19F3N2O2.